The molecule has 108 valence electrons. The summed E-state index contributed by atoms with van der Waals surface area (Å²) in [5, 5.41) is 9.59. The second-order valence-electron chi connectivity index (χ2n) is 4.91. The van der Waals surface area contributed by atoms with Gasteiger partial charge >= 0.3 is 0 Å². The number of hydrogen-bond acceptors (Lipinski definition) is 3. The van der Waals surface area contributed by atoms with Gasteiger partial charge in [0.1, 0.15) is 5.75 Å². The SMILES string of the molecule is CC(C)Oc1ccc(Cl)cc1-c1nnc2ccc(Cl)cn12. The van der Waals surface area contributed by atoms with Crippen LogP contribution in [0.1, 0.15) is 13.8 Å². The number of aromatic nitrogens is 3. The molecule has 21 heavy (non-hydrogen) atoms. The lowest BCUT2D eigenvalue weighted by molar-refractivity contribution is 0.243. The summed E-state index contributed by atoms with van der Waals surface area (Å²) in [4.78, 5) is 0. The zero-order chi connectivity index (χ0) is 15.0. The maximum atomic E-state index is 6.11. The van der Waals surface area contributed by atoms with Gasteiger partial charge in [0.25, 0.3) is 0 Å². The number of fused-ring (bicyclic) bond motifs is 1. The largest absolute Gasteiger partial charge is 0.490 e. The molecule has 0 N–H and O–H groups in total. The monoisotopic (exact) mass is 321 g/mol. The number of pyridine rings is 1. The predicted octanol–water partition coefficient (Wildman–Crippen LogP) is 4.49. The van der Waals surface area contributed by atoms with Crippen LogP contribution in [0.25, 0.3) is 17.0 Å². The minimum absolute atomic E-state index is 0.0488. The van der Waals surface area contributed by atoms with Crippen LogP contribution in [-0.2, 0) is 0 Å². The molecule has 0 radical (unpaired) electrons. The standard InChI is InChI=1S/C15H13Cl2N3O/c1-9(2)21-13-5-3-10(16)7-12(13)15-19-18-14-6-4-11(17)8-20(14)15/h3-9H,1-2H3. The summed E-state index contributed by atoms with van der Waals surface area (Å²) in [5.74, 6) is 1.36. The maximum Gasteiger partial charge on any atom is 0.172 e. The number of hydrogen-bond donors (Lipinski definition) is 0. The first-order chi connectivity index (χ1) is 10.0. The van der Waals surface area contributed by atoms with Crippen LogP contribution in [0.15, 0.2) is 36.5 Å². The van der Waals surface area contributed by atoms with E-state index in [-0.39, 0.29) is 6.10 Å². The molecule has 0 spiro atoms. The summed E-state index contributed by atoms with van der Waals surface area (Å²) in [7, 11) is 0. The fourth-order valence-corrected chi connectivity index (χ4v) is 2.41. The van der Waals surface area contributed by atoms with Gasteiger partial charge in [-0.1, -0.05) is 23.2 Å². The van der Waals surface area contributed by atoms with E-state index in [0.29, 0.717) is 27.3 Å². The van der Waals surface area contributed by atoms with Crippen molar-refractivity contribution in [1.29, 1.82) is 0 Å². The fraction of sp³-hybridized carbons (Fsp3) is 0.200. The minimum Gasteiger partial charge on any atom is -0.490 e. The van der Waals surface area contributed by atoms with E-state index in [2.05, 4.69) is 10.2 Å². The Bertz CT molecular complexity index is 799. The molecule has 0 unspecified atom stereocenters. The van der Waals surface area contributed by atoms with Crippen LogP contribution in [0.2, 0.25) is 10.0 Å². The van der Waals surface area contributed by atoms with Crippen molar-refractivity contribution in [3.8, 4) is 17.1 Å². The number of halogens is 2. The summed E-state index contributed by atoms with van der Waals surface area (Å²) in [5.41, 5.74) is 1.50. The van der Waals surface area contributed by atoms with Crippen molar-refractivity contribution >= 4 is 28.8 Å². The minimum atomic E-state index is 0.0488. The van der Waals surface area contributed by atoms with Crippen molar-refractivity contribution in [3.05, 3.63) is 46.6 Å². The van der Waals surface area contributed by atoms with E-state index in [0.717, 1.165) is 5.56 Å². The summed E-state index contributed by atoms with van der Waals surface area (Å²) >= 11 is 12.2. The van der Waals surface area contributed by atoms with Gasteiger partial charge in [0, 0.05) is 11.2 Å². The first-order valence-electron chi connectivity index (χ1n) is 6.51. The lowest BCUT2D eigenvalue weighted by Crippen LogP contribution is -2.07. The highest BCUT2D eigenvalue weighted by Crippen LogP contribution is 2.32. The van der Waals surface area contributed by atoms with Crippen molar-refractivity contribution in [1.82, 2.24) is 14.6 Å². The van der Waals surface area contributed by atoms with Gasteiger partial charge in [0.15, 0.2) is 11.5 Å². The third-order valence-electron chi connectivity index (χ3n) is 2.91. The molecule has 0 bridgehead atoms. The smallest absolute Gasteiger partial charge is 0.172 e. The molecule has 0 saturated carbocycles. The van der Waals surface area contributed by atoms with Gasteiger partial charge in [-0.2, -0.15) is 0 Å². The highest BCUT2D eigenvalue weighted by molar-refractivity contribution is 6.31. The Morgan fingerprint density at radius 3 is 2.57 bits per heavy atom. The zero-order valence-electron chi connectivity index (χ0n) is 11.5. The van der Waals surface area contributed by atoms with E-state index < -0.39 is 0 Å². The van der Waals surface area contributed by atoms with Gasteiger partial charge < -0.3 is 4.74 Å². The van der Waals surface area contributed by atoms with Crippen LogP contribution in [0.3, 0.4) is 0 Å². The van der Waals surface area contributed by atoms with Crippen LogP contribution in [0.5, 0.6) is 5.75 Å². The third kappa shape index (κ3) is 2.82. The van der Waals surface area contributed by atoms with E-state index in [1.807, 2.05) is 36.4 Å². The van der Waals surface area contributed by atoms with E-state index in [1.54, 1.807) is 18.3 Å². The molecule has 2 aromatic heterocycles. The van der Waals surface area contributed by atoms with Gasteiger partial charge in [-0.05, 0) is 44.2 Å². The highest BCUT2D eigenvalue weighted by Gasteiger charge is 2.15. The molecule has 2 heterocycles. The second-order valence-corrected chi connectivity index (χ2v) is 5.78. The molecule has 4 nitrogen and oxygen atoms in total. The quantitative estimate of drug-likeness (QED) is 0.713. The third-order valence-corrected chi connectivity index (χ3v) is 3.37. The molecule has 0 fully saturated rings. The first-order valence-corrected chi connectivity index (χ1v) is 7.27. The molecule has 0 aliphatic heterocycles. The summed E-state index contributed by atoms with van der Waals surface area (Å²) < 4.78 is 7.65. The van der Waals surface area contributed by atoms with Crippen LogP contribution in [0, 0.1) is 0 Å². The molecule has 0 amide bonds. The van der Waals surface area contributed by atoms with Crippen LogP contribution >= 0.6 is 23.2 Å². The average Bonchev–Trinajstić information content (AvgIpc) is 2.83. The van der Waals surface area contributed by atoms with Crippen molar-refractivity contribution in [2.75, 3.05) is 0 Å². The Morgan fingerprint density at radius 1 is 1.05 bits per heavy atom. The molecule has 0 aliphatic rings. The summed E-state index contributed by atoms with van der Waals surface area (Å²) in [6.07, 6.45) is 1.82. The van der Waals surface area contributed by atoms with Gasteiger partial charge in [-0.3, -0.25) is 4.40 Å². The fourth-order valence-electron chi connectivity index (χ4n) is 2.08. The first kappa shape index (κ1) is 14.2. The Hall–Kier alpha value is -1.78. The highest BCUT2D eigenvalue weighted by atomic mass is 35.5. The summed E-state index contributed by atoms with van der Waals surface area (Å²) in [6.45, 7) is 3.94. The van der Waals surface area contributed by atoms with Crippen LogP contribution in [-0.4, -0.2) is 20.7 Å². The molecule has 0 saturated heterocycles. The van der Waals surface area contributed by atoms with E-state index >= 15 is 0 Å². The van der Waals surface area contributed by atoms with Gasteiger partial charge in [-0.15, -0.1) is 10.2 Å². The lowest BCUT2D eigenvalue weighted by Gasteiger charge is -2.13. The number of benzene rings is 1. The molecule has 6 heteroatoms. The van der Waals surface area contributed by atoms with Gasteiger partial charge in [0.05, 0.1) is 16.7 Å². The molecule has 3 aromatic rings. The predicted molar refractivity (Wildman–Crippen MR) is 84.2 cm³/mol. The van der Waals surface area contributed by atoms with Crippen molar-refractivity contribution in [3.63, 3.8) is 0 Å². The molecule has 1 aromatic carbocycles. The van der Waals surface area contributed by atoms with Gasteiger partial charge in [-0.25, -0.2) is 0 Å². The summed E-state index contributed by atoms with van der Waals surface area (Å²) in [6, 6.07) is 9.03. The number of ether oxygens (including phenoxy) is 1. The topological polar surface area (TPSA) is 39.4 Å². The van der Waals surface area contributed by atoms with E-state index in [9.17, 15) is 0 Å². The molecule has 0 atom stereocenters. The molecular weight excluding hydrogens is 309 g/mol. The van der Waals surface area contributed by atoms with Crippen molar-refractivity contribution in [2.45, 2.75) is 20.0 Å². The Balaban J connectivity index is 2.21. The zero-order valence-corrected chi connectivity index (χ0v) is 13.1. The Kier molecular flexibility index (Phi) is 3.74. The second kappa shape index (κ2) is 5.54. The average molecular weight is 322 g/mol. The van der Waals surface area contributed by atoms with Crippen molar-refractivity contribution < 1.29 is 4.74 Å². The number of rotatable bonds is 3. The van der Waals surface area contributed by atoms with Crippen LogP contribution < -0.4 is 4.74 Å². The molecule has 0 aliphatic carbocycles. The van der Waals surface area contributed by atoms with Gasteiger partial charge in [0.2, 0.25) is 0 Å². The van der Waals surface area contributed by atoms with Crippen molar-refractivity contribution in [2.24, 2.45) is 0 Å². The molecular formula is C15H13Cl2N3O. The van der Waals surface area contributed by atoms with E-state index in [4.69, 9.17) is 27.9 Å². The Morgan fingerprint density at radius 2 is 1.81 bits per heavy atom. The van der Waals surface area contributed by atoms with E-state index in [1.165, 1.54) is 0 Å². The number of nitrogens with zero attached hydrogens (tertiary/aromatic N) is 3. The lowest BCUT2D eigenvalue weighted by atomic mass is 10.2. The normalized spacial score (nSPS) is 11.3. The van der Waals surface area contributed by atoms with Crippen LogP contribution in [0.4, 0.5) is 0 Å². The molecule has 3 rings (SSSR count). The maximum absolute atomic E-state index is 6.11. The Labute approximate surface area is 132 Å².